The summed E-state index contributed by atoms with van der Waals surface area (Å²) >= 11 is 5.91. The molecule has 4 nitrogen and oxygen atoms in total. The summed E-state index contributed by atoms with van der Waals surface area (Å²) in [6.45, 7) is 3.42. The highest BCUT2D eigenvalue weighted by Gasteiger charge is 2.16. The number of nitrogens with one attached hydrogen (secondary N) is 1. The van der Waals surface area contributed by atoms with Gasteiger partial charge in [-0.15, -0.1) is 0 Å². The van der Waals surface area contributed by atoms with E-state index in [1.807, 2.05) is 0 Å². The minimum absolute atomic E-state index is 0.0856. The number of rotatable bonds is 2. The van der Waals surface area contributed by atoms with Gasteiger partial charge in [0.25, 0.3) is 5.56 Å². The molecule has 19 heavy (non-hydrogen) atoms. The number of nitrogens with zero attached hydrogens (tertiary/aromatic N) is 1. The van der Waals surface area contributed by atoms with Crippen LogP contribution in [0, 0.1) is 5.82 Å². The zero-order chi connectivity index (χ0) is 14.2. The Bertz CT molecular complexity index is 734. The number of aromatic nitrogens is 2. The van der Waals surface area contributed by atoms with Gasteiger partial charge in [-0.25, -0.2) is 9.18 Å². The molecule has 1 heterocycles. The lowest BCUT2D eigenvalue weighted by Gasteiger charge is -2.11. The minimum atomic E-state index is -0.579. The predicted octanol–water partition coefficient (Wildman–Crippen LogP) is 2.58. The normalized spacial score (nSPS) is 11.0. The van der Waals surface area contributed by atoms with E-state index in [1.54, 1.807) is 19.9 Å². The fourth-order valence-corrected chi connectivity index (χ4v) is 2.16. The summed E-state index contributed by atoms with van der Waals surface area (Å²) in [6.07, 6.45) is 0. The molecule has 1 N–H and O–H groups in total. The first kappa shape index (κ1) is 13.5. The molecule has 0 unspecified atom stereocenters. The van der Waals surface area contributed by atoms with E-state index in [2.05, 4.69) is 4.98 Å². The topological polar surface area (TPSA) is 54.9 Å². The maximum Gasteiger partial charge on any atom is 0.329 e. The standard InChI is InChI=1S/C13H12ClFN2O2/c1-7(2)17-12(18)10(11(14)16-13(17)19)8-4-3-5-9(15)6-8/h3-7H,1-2H3,(H,16,19). The summed E-state index contributed by atoms with van der Waals surface area (Å²) in [4.78, 5) is 26.4. The number of hydrogen-bond donors (Lipinski definition) is 1. The first-order valence-electron chi connectivity index (χ1n) is 5.72. The molecule has 1 aromatic carbocycles. The molecule has 2 rings (SSSR count). The van der Waals surface area contributed by atoms with Crippen LogP contribution in [-0.4, -0.2) is 9.55 Å². The third kappa shape index (κ3) is 2.46. The van der Waals surface area contributed by atoms with Crippen molar-refractivity contribution in [3.8, 4) is 11.1 Å². The quantitative estimate of drug-likeness (QED) is 0.861. The van der Waals surface area contributed by atoms with E-state index >= 15 is 0 Å². The number of aromatic amines is 1. The highest BCUT2D eigenvalue weighted by molar-refractivity contribution is 6.32. The Balaban J connectivity index is 2.82. The Hall–Kier alpha value is -1.88. The van der Waals surface area contributed by atoms with Gasteiger partial charge in [0.05, 0.1) is 5.56 Å². The van der Waals surface area contributed by atoms with Gasteiger partial charge in [0, 0.05) is 6.04 Å². The number of hydrogen-bond acceptors (Lipinski definition) is 2. The van der Waals surface area contributed by atoms with Gasteiger partial charge >= 0.3 is 5.69 Å². The Labute approximate surface area is 113 Å². The van der Waals surface area contributed by atoms with Crippen molar-refractivity contribution in [3.63, 3.8) is 0 Å². The van der Waals surface area contributed by atoms with Crippen molar-refractivity contribution in [1.82, 2.24) is 9.55 Å². The molecule has 100 valence electrons. The van der Waals surface area contributed by atoms with Gasteiger partial charge in [-0.1, -0.05) is 23.7 Å². The van der Waals surface area contributed by atoms with Gasteiger partial charge in [0.2, 0.25) is 0 Å². The lowest BCUT2D eigenvalue weighted by atomic mass is 10.1. The zero-order valence-electron chi connectivity index (χ0n) is 10.4. The van der Waals surface area contributed by atoms with E-state index in [4.69, 9.17) is 11.6 Å². The highest BCUT2D eigenvalue weighted by Crippen LogP contribution is 2.22. The van der Waals surface area contributed by atoms with E-state index < -0.39 is 17.1 Å². The van der Waals surface area contributed by atoms with E-state index in [-0.39, 0.29) is 16.8 Å². The molecule has 0 aliphatic carbocycles. The van der Waals surface area contributed by atoms with Crippen LogP contribution in [0.5, 0.6) is 0 Å². The van der Waals surface area contributed by atoms with Gasteiger partial charge in [-0.3, -0.25) is 14.3 Å². The third-order valence-corrected chi connectivity index (χ3v) is 3.00. The van der Waals surface area contributed by atoms with Crippen molar-refractivity contribution in [2.24, 2.45) is 0 Å². The molecule has 1 aromatic heterocycles. The van der Waals surface area contributed by atoms with Crippen molar-refractivity contribution in [3.05, 3.63) is 56.1 Å². The third-order valence-electron chi connectivity index (χ3n) is 2.72. The molecule has 0 aliphatic rings. The smallest absolute Gasteiger partial charge is 0.297 e. The molecule has 0 radical (unpaired) electrons. The average molecular weight is 283 g/mol. The summed E-state index contributed by atoms with van der Waals surface area (Å²) in [5.74, 6) is -0.477. The number of H-pyrrole nitrogens is 1. The van der Waals surface area contributed by atoms with Crippen LogP contribution in [0.2, 0.25) is 5.15 Å². The van der Waals surface area contributed by atoms with Crippen LogP contribution in [0.15, 0.2) is 33.9 Å². The average Bonchev–Trinajstić information content (AvgIpc) is 2.27. The maximum absolute atomic E-state index is 13.2. The van der Waals surface area contributed by atoms with Gasteiger partial charge < -0.3 is 0 Å². The molecule has 6 heteroatoms. The minimum Gasteiger partial charge on any atom is -0.297 e. The van der Waals surface area contributed by atoms with Crippen LogP contribution < -0.4 is 11.2 Å². The molecule has 0 atom stereocenters. The summed E-state index contributed by atoms with van der Waals surface area (Å²) in [7, 11) is 0. The van der Waals surface area contributed by atoms with Crippen LogP contribution in [-0.2, 0) is 0 Å². The molecule has 0 aliphatic heterocycles. The molecular weight excluding hydrogens is 271 g/mol. The Morgan fingerprint density at radius 3 is 2.58 bits per heavy atom. The van der Waals surface area contributed by atoms with Crippen LogP contribution >= 0.6 is 11.6 Å². The van der Waals surface area contributed by atoms with E-state index in [9.17, 15) is 14.0 Å². The monoisotopic (exact) mass is 282 g/mol. The Morgan fingerprint density at radius 1 is 1.32 bits per heavy atom. The van der Waals surface area contributed by atoms with Crippen LogP contribution in [0.4, 0.5) is 4.39 Å². The summed E-state index contributed by atoms with van der Waals surface area (Å²) in [5.41, 5.74) is -0.686. The molecule has 0 saturated carbocycles. The Morgan fingerprint density at radius 2 is 2.00 bits per heavy atom. The van der Waals surface area contributed by atoms with Crippen LogP contribution in [0.25, 0.3) is 11.1 Å². The second-order valence-electron chi connectivity index (χ2n) is 4.40. The first-order valence-corrected chi connectivity index (χ1v) is 6.10. The molecule has 0 saturated heterocycles. The predicted molar refractivity (Wildman–Crippen MR) is 72.1 cm³/mol. The molecule has 0 fully saturated rings. The van der Waals surface area contributed by atoms with Gasteiger partial charge in [0.15, 0.2) is 0 Å². The van der Waals surface area contributed by atoms with E-state index in [0.717, 1.165) is 4.57 Å². The maximum atomic E-state index is 13.2. The van der Waals surface area contributed by atoms with Gasteiger partial charge in [0.1, 0.15) is 11.0 Å². The lowest BCUT2D eigenvalue weighted by Crippen LogP contribution is -2.37. The fourth-order valence-electron chi connectivity index (χ4n) is 1.89. The lowest BCUT2D eigenvalue weighted by molar-refractivity contribution is 0.547. The number of benzene rings is 1. The number of halogens is 2. The van der Waals surface area contributed by atoms with Gasteiger partial charge in [-0.05, 0) is 31.5 Å². The SMILES string of the molecule is CC(C)n1c(=O)[nH]c(Cl)c(-c2cccc(F)c2)c1=O. The summed E-state index contributed by atoms with van der Waals surface area (Å²) < 4.78 is 14.3. The van der Waals surface area contributed by atoms with Crippen LogP contribution in [0.3, 0.4) is 0 Å². The molecule has 0 amide bonds. The largest absolute Gasteiger partial charge is 0.329 e. The van der Waals surface area contributed by atoms with Crippen molar-refractivity contribution in [2.75, 3.05) is 0 Å². The molecule has 0 bridgehead atoms. The summed E-state index contributed by atoms with van der Waals surface area (Å²) in [5, 5.41) is -0.0856. The van der Waals surface area contributed by atoms with Crippen molar-refractivity contribution >= 4 is 11.6 Å². The Kier molecular flexibility index (Phi) is 3.57. The van der Waals surface area contributed by atoms with Gasteiger partial charge in [-0.2, -0.15) is 0 Å². The van der Waals surface area contributed by atoms with Crippen molar-refractivity contribution < 1.29 is 4.39 Å². The van der Waals surface area contributed by atoms with Crippen LogP contribution in [0.1, 0.15) is 19.9 Å². The second kappa shape index (κ2) is 5.01. The fraction of sp³-hybridized carbons (Fsp3) is 0.231. The molecule has 0 spiro atoms. The molecular formula is C13H12ClFN2O2. The van der Waals surface area contributed by atoms with Crippen molar-refractivity contribution in [2.45, 2.75) is 19.9 Å². The van der Waals surface area contributed by atoms with E-state index in [0.29, 0.717) is 5.56 Å². The second-order valence-corrected chi connectivity index (χ2v) is 4.78. The zero-order valence-corrected chi connectivity index (χ0v) is 11.2. The highest BCUT2D eigenvalue weighted by atomic mass is 35.5. The van der Waals surface area contributed by atoms with Crippen molar-refractivity contribution in [1.29, 1.82) is 0 Å². The summed E-state index contributed by atoms with van der Waals surface area (Å²) in [6, 6.07) is 5.19. The van der Waals surface area contributed by atoms with E-state index in [1.165, 1.54) is 18.2 Å². The first-order chi connectivity index (χ1) is 8.91. The molecule has 2 aromatic rings.